The van der Waals surface area contributed by atoms with Crippen molar-refractivity contribution < 1.29 is 17.4 Å². The van der Waals surface area contributed by atoms with Crippen molar-refractivity contribution in [3.05, 3.63) is 58.1 Å². The topological polar surface area (TPSA) is 97.2 Å². The minimum atomic E-state index is -4.10. The molecule has 2 aromatic carbocycles. The lowest BCUT2D eigenvalue weighted by molar-refractivity contribution is -0.118. The summed E-state index contributed by atoms with van der Waals surface area (Å²) in [5.74, 6) is 0.0102. The van der Waals surface area contributed by atoms with Gasteiger partial charge in [-0.05, 0) is 50.1 Å². The molecule has 0 aromatic heterocycles. The van der Waals surface area contributed by atoms with E-state index in [2.05, 4.69) is 15.5 Å². The van der Waals surface area contributed by atoms with E-state index in [-0.39, 0.29) is 21.8 Å². The quantitative estimate of drug-likeness (QED) is 0.425. The van der Waals surface area contributed by atoms with Crippen molar-refractivity contribution in [3.8, 4) is 5.75 Å². The van der Waals surface area contributed by atoms with E-state index in [1.807, 2.05) is 0 Å². The van der Waals surface area contributed by atoms with Gasteiger partial charge in [0.25, 0.3) is 0 Å². The number of carbonyl (C=O) groups excluding carboxylic acids is 1. The van der Waals surface area contributed by atoms with Gasteiger partial charge >= 0.3 is 10.1 Å². The van der Waals surface area contributed by atoms with Crippen molar-refractivity contribution in [1.82, 2.24) is 5.32 Å². The molecule has 1 heterocycles. The maximum absolute atomic E-state index is 12.7. The third-order valence-electron chi connectivity index (χ3n) is 4.10. The summed E-state index contributed by atoms with van der Waals surface area (Å²) in [6.07, 6.45) is 1.38. The maximum atomic E-state index is 12.7. The van der Waals surface area contributed by atoms with E-state index < -0.39 is 10.1 Å². The number of rotatable bonds is 5. The number of halogens is 1. The number of amides is 1. The molecule has 0 radical (unpaired) electrons. The molecule has 0 bridgehead atoms. The van der Waals surface area contributed by atoms with Crippen LogP contribution in [0.25, 0.3) is 0 Å². The molecule has 1 N–H and O–H groups in total. The van der Waals surface area contributed by atoms with Gasteiger partial charge in [0.15, 0.2) is 10.9 Å². The normalized spacial score (nSPS) is 18.4. The predicted octanol–water partition coefficient (Wildman–Crippen LogP) is 3.67. The zero-order chi connectivity index (χ0) is 21.2. The number of nitrogens with zero attached hydrogens (tertiary/aromatic N) is 2. The second-order valence-corrected chi connectivity index (χ2v) is 9.62. The van der Waals surface area contributed by atoms with Crippen LogP contribution in [0.2, 0.25) is 5.02 Å². The monoisotopic (exact) mass is 451 g/mol. The fourth-order valence-electron chi connectivity index (χ4n) is 2.43. The zero-order valence-electron chi connectivity index (χ0n) is 15.8. The Morgan fingerprint density at radius 1 is 1.21 bits per heavy atom. The highest BCUT2D eigenvalue weighted by atomic mass is 35.5. The average molecular weight is 452 g/mol. The first-order chi connectivity index (χ1) is 13.7. The van der Waals surface area contributed by atoms with Gasteiger partial charge in [0.05, 0.1) is 11.5 Å². The van der Waals surface area contributed by atoms with Gasteiger partial charge in [-0.15, -0.1) is 5.10 Å². The lowest BCUT2D eigenvalue weighted by atomic mass is 10.1. The summed E-state index contributed by atoms with van der Waals surface area (Å²) in [5.41, 5.74) is 1.80. The van der Waals surface area contributed by atoms with Crippen LogP contribution < -0.4 is 9.50 Å². The first-order valence-corrected chi connectivity index (χ1v) is 11.2. The third-order valence-corrected chi connectivity index (χ3v) is 6.70. The van der Waals surface area contributed by atoms with Gasteiger partial charge in [-0.1, -0.05) is 41.6 Å². The second kappa shape index (κ2) is 8.56. The second-order valence-electron chi connectivity index (χ2n) is 6.34. The molecule has 1 aliphatic rings. The van der Waals surface area contributed by atoms with E-state index >= 15 is 0 Å². The number of carbonyl (C=O) groups is 1. The summed E-state index contributed by atoms with van der Waals surface area (Å²) >= 11 is 7.31. The number of hydrogen-bond acceptors (Lipinski definition) is 7. The summed E-state index contributed by atoms with van der Waals surface area (Å²) < 4.78 is 30.8. The highest BCUT2D eigenvalue weighted by Gasteiger charge is 2.25. The van der Waals surface area contributed by atoms with Gasteiger partial charge in [-0.2, -0.15) is 13.5 Å². The summed E-state index contributed by atoms with van der Waals surface area (Å²) in [4.78, 5) is 11.4. The summed E-state index contributed by atoms with van der Waals surface area (Å²) in [6.45, 7) is 5.27. The Morgan fingerprint density at radius 2 is 1.97 bits per heavy atom. The minimum Gasteiger partial charge on any atom is -0.378 e. The van der Waals surface area contributed by atoms with Crippen LogP contribution in [0.5, 0.6) is 5.75 Å². The summed E-state index contributed by atoms with van der Waals surface area (Å²) in [6, 6.07) is 9.54. The van der Waals surface area contributed by atoms with E-state index in [4.69, 9.17) is 15.8 Å². The Balaban J connectivity index is 1.88. The lowest BCUT2D eigenvalue weighted by Gasteiger charge is -2.12. The van der Waals surface area contributed by atoms with E-state index in [1.165, 1.54) is 30.1 Å². The molecule has 7 nitrogen and oxygen atoms in total. The fraction of sp³-hybridized carbons (Fsp3) is 0.211. The van der Waals surface area contributed by atoms with Gasteiger partial charge in [0.2, 0.25) is 5.91 Å². The predicted molar refractivity (Wildman–Crippen MR) is 115 cm³/mol. The first kappa shape index (κ1) is 21.4. The molecule has 1 fully saturated rings. The Hall–Kier alpha value is -2.36. The summed E-state index contributed by atoms with van der Waals surface area (Å²) in [7, 11) is -4.10. The SMILES string of the molecule is Cc1ccc(S(=O)(=O)Oc2c(C)cccc2/C=N\N=C2/NC(=O)[C@@H](C)S2)cc1Cl. The molecule has 1 saturated heterocycles. The van der Waals surface area contributed by atoms with Crippen LogP contribution in [0.15, 0.2) is 51.5 Å². The molecule has 1 aliphatic heterocycles. The number of benzene rings is 2. The van der Waals surface area contributed by atoms with Crippen LogP contribution in [0, 0.1) is 13.8 Å². The van der Waals surface area contributed by atoms with E-state index in [9.17, 15) is 13.2 Å². The van der Waals surface area contributed by atoms with Gasteiger partial charge < -0.3 is 9.50 Å². The number of hydrogen-bond donors (Lipinski definition) is 1. The highest BCUT2D eigenvalue weighted by molar-refractivity contribution is 8.15. The molecule has 2 aromatic rings. The highest BCUT2D eigenvalue weighted by Crippen LogP contribution is 2.28. The number of aryl methyl sites for hydroxylation is 2. The molecule has 1 amide bonds. The lowest BCUT2D eigenvalue weighted by Crippen LogP contribution is -2.23. The molecule has 0 spiro atoms. The van der Waals surface area contributed by atoms with Crippen LogP contribution in [-0.4, -0.2) is 31.0 Å². The largest absolute Gasteiger partial charge is 0.378 e. The van der Waals surface area contributed by atoms with Gasteiger partial charge in [-0.25, -0.2) is 0 Å². The maximum Gasteiger partial charge on any atom is 0.339 e. The van der Waals surface area contributed by atoms with Crippen molar-refractivity contribution in [2.45, 2.75) is 30.9 Å². The van der Waals surface area contributed by atoms with Gasteiger partial charge in [-0.3, -0.25) is 4.79 Å². The van der Waals surface area contributed by atoms with Crippen molar-refractivity contribution in [3.63, 3.8) is 0 Å². The van der Waals surface area contributed by atoms with E-state index in [0.717, 1.165) is 5.56 Å². The Kier molecular flexibility index (Phi) is 6.30. The minimum absolute atomic E-state index is 0.0430. The summed E-state index contributed by atoms with van der Waals surface area (Å²) in [5, 5.41) is 11.0. The Labute approximate surface area is 178 Å². The Bertz CT molecular complexity index is 1130. The molecule has 152 valence electrons. The van der Waals surface area contributed by atoms with Crippen molar-refractivity contribution in [1.29, 1.82) is 0 Å². The van der Waals surface area contributed by atoms with Crippen LogP contribution in [0.1, 0.15) is 23.6 Å². The number of nitrogens with one attached hydrogen (secondary N) is 1. The first-order valence-electron chi connectivity index (χ1n) is 8.56. The molecule has 0 saturated carbocycles. The van der Waals surface area contributed by atoms with Crippen molar-refractivity contribution in [2.75, 3.05) is 0 Å². The fourth-order valence-corrected chi connectivity index (χ4v) is 4.47. The number of thioether (sulfide) groups is 1. The molecule has 1 atom stereocenters. The van der Waals surface area contributed by atoms with Crippen LogP contribution >= 0.6 is 23.4 Å². The molecular weight excluding hydrogens is 434 g/mol. The molecule has 3 rings (SSSR count). The standard InChI is InChI=1S/C19H18ClN3O4S2/c1-11-7-8-15(9-16(11)20)29(25,26)27-17-12(2)5-4-6-14(17)10-21-23-19-22-18(24)13(3)28-19/h4-10,13H,1-3H3,(H,22,23,24)/b21-10-/t13-/m1/s1. The molecule has 29 heavy (non-hydrogen) atoms. The zero-order valence-corrected chi connectivity index (χ0v) is 18.2. The van der Waals surface area contributed by atoms with Crippen LogP contribution in [0.3, 0.4) is 0 Å². The van der Waals surface area contributed by atoms with Gasteiger partial charge in [0, 0.05) is 10.6 Å². The number of amidine groups is 1. The van der Waals surface area contributed by atoms with Crippen molar-refractivity contribution in [2.24, 2.45) is 10.2 Å². The number of para-hydroxylation sites is 1. The third kappa shape index (κ3) is 4.98. The molecule has 0 aliphatic carbocycles. The van der Waals surface area contributed by atoms with Crippen LogP contribution in [0.4, 0.5) is 0 Å². The Morgan fingerprint density at radius 3 is 2.62 bits per heavy atom. The molecule has 0 unspecified atom stereocenters. The van der Waals surface area contributed by atoms with E-state index in [1.54, 1.807) is 45.0 Å². The van der Waals surface area contributed by atoms with Gasteiger partial charge in [0.1, 0.15) is 4.90 Å². The molecule has 10 heteroatoms. The van der Waals surface area contributed by atoms with Crippen LogP contribution in [-0.2, 0) is 14.9 Å². The smallest absolute Gasteiger partial charge is 0.339 e. The average Bonchev–Trinajstić information content (AvgIpc) is 2.97. The molecular formula is C19H18ClN3O4S2. The van der Waals surface area contributed by atoms with E-state index in [0.29, 0.717) is 21.3 Å². The van der Waals surface area contributed by atoms with Crippen molar-refractivity contribution >= 4 is 50.8 Å².